The number of fused-ring (bicyclic) bond motifs is 1. The number of benzene rings is 1. The van der Waals surface area contributed by atoms with Crippen LogP contribution in [0.25, 0.3) is 10.2 Å². The van der Waals surface area contributed by atoms with Crippen molar-refractivity contribution in [1.29, 1.82) is 0 Å². The van der Waals surface area contributed by atoms with E-state index >= 15 is 0 Å². The molecule has 0 bridgehead atoms. The molecule has 0 aliphatic heterocycles. The van der Waals surface area contributed by atoms with E-state index in [1.54, 1.807) is 0 Å². The number of carboxylic acid groups (broad SMARTS) is 1. The molecule has 3 nitrogen and oxygen atoms in total. The summed E-state index contributed by atoms with van der Waals surface area (Å²) in [5, 5.41) is 9.24. The van der Waals surface area contributed by atoms with E-state index in [-0.39, 0.29) is 5.01 Å². The molecule has 1 aromatic heterocycles. The van der Waals surface area contributed by atoms with Gasteiger partial charge in [0.1, 0.15) is 0 Å². The Morgan fingerprint density at radius 1 is 1.28 bits per heavy atom. The highest BCUT2D eigenvalue weighted by Gasteiger charge is 2.20. The minimum Gasteiger partial charge on any atom is -0.476 e. The minimum absolute atomic E-state index is 0.202. The predicted molar refractivity (Wildman–Crippen MR) is 72.4 cm³/mol. The Bertz CT molecular complexity index is 584. The first-order valence-electron chi connectivity index (χ1n) is 6.38. The fraction of sp³-hybridized carbons (Fsp3) is 0.429. The molecule has 1 saturated carbocycles. The van der Waals surface area contributed by atoms with Crippen molar-refractivity contribution in [1.82, 2.24) is 4.98 Å². The van der Waals surface area contributed by atoms with E-state index in [1.165, 1.54) is 49.0 Å². The standard InChI is InChI=1S/C14H15NO2S/c16-14(17)13-15-12-10(7-4-8-11(12)18-13)9-5-2-1-3-6-9/h4,7-9H,1-3,5-6H2,(H,16,17). The molecule has 0 atom stereocenters. The summed E-state index contributed by atoms with van der Waals surface area (Å²) in [4.78, 5) is 15.3. The second kappa shape index (κ2) is 4.69. The first kappa shape index (κ1) is 11.7. The molecule has 4 heteroatoms. The Morgan fingerprint density at radius 2 is 2.06 bits per heavy atom. The van der Waals surface area contributed by atoms with Gasteiger partial charge in [-0.25, -0.2) is 9.78 Å². The summed E-state index contributed by atoms with van der Waals surface area (Å²) in [6.07, 6.45) is 6.29. The van der Waals surface area contributed by atoms with Crippen molar-refractivity contribution in [3.8, 4) is 0 Å². The average molecular weight is 261 g/mol. The van der Waals surface area contributed by atoms with Crippen LogP contribution in [0.2, 0.25) is 0 Å². The lowest BCUT2D eigenvalue weighted by atomic mass is 9.84. The minimum atomic E-state index is -0.925. The van der Waals surface area contributed by atoms with Crippen LogP contribution in [0.5, 0.6) is 0 Å². The monoisotopic (exact) mass is 261 g/mol. The van der Waals surface area contributed by atoms with Crippen molar-refractivity contribution in [2.45, 2.75) is 38.0 Å². The summed E-state index contributed by atoms with van der Waals surface area (Å²) in [5.41, 5.74) is 2.16. The largest absolute Gasteiger partial charge is 0.476 e. The zero-order valence-corrected chi connectivity index (χ0v) is 10.9. The number of aromatic carboxylic acids is 1. The summed E-state index contributed by atoms with van der Waals surface area (Å²) >= 11 is 1.27. The van der Waals surface area contributed by atoms with E-state index in [0.717, 1.165) is 10.2 Å². The van der Waals surface area contributed by atoms with Gasteiger partial charge in [-0.3, -0.25) is 0 Å². The number of aromatic nitrogens is 1. The van der Waals surface area contributed by atoms with Crippen LogP contribution < -0.4 is 0 Å². The van der Waals surface area contributed by atoms with Crippen LogP contribution in [0.3, 0.4) is 0 Å². The molecular formula is C14H15NO2S. The number of thiazole rings is 1. The molecule has 0 unspecified atom stereocenters. The van der Waals surface area contributed by atoms with Gasteiger partial charge in [0.2, 0.25) is 5.01 Å². The Balaban J connectivity index is 2.07. The highest BCUT2D eigenvalue weighted by atomic mass is 32.1. The highest BCUT2D eigenvalue weighted by Crippen LogP contribution is 2.37. The van der Waals surface area contributed by atoms with Crippen molar-refractivity contribution in [2.75, 3.05) is 0 Å². The van der Waals surface area contributed by atoms with Crippen molar-refractivity contribution in [3.05, 3.63) is 28.8 Å². The van der Waals surface area contributed by atoms with E-state index < -0.39 is 5.97 Å². The number of rotatable bonds is 2. The van der Waals surface area contributed by atoms with Gasteiger partial charge in [0.25, 0.3) is 0 Å². The second-order valence-corrected chi connectivity index (χ2v) is 5.88. The molecule has 1 heterocycles. The number of carboxylic acids is 1. The molecular weight excluding hydrogens is 246 g/mol. The molecule has 0 amide bonds. The molecule has 0 radical (unpaired) electrons. The third-order valence-electron chi connectivity index (χ3n) is 3.68. The predicted octanol–water partition coefficient (Wildman–Crippen LogP) is 4.04. The smallest absolute Gasteiger partial charge is 0.365 e. The Labute approximate surface area is 109 Å². The van der Waals surface area contributed by atoms with Crippen molar-refractivity contribution in [3.63, 3.8) is 0 Å². The lowest BCUT2D eigenvalue weighted by Gasteiger charge is -2.22. The van der Waals surface area contributed by atoms with Crippen LogP contribution in [0.15, 0.2) is 18.2 Å². The second-order valence-electron chi connectivity index (χ2n) is 4.85. The summed E-state index contributed by atoms with van der Waals surface area (Å²) in [5.74, 6) is -0.364. The van der Waals surface area contributed by atoms with Gasteiger partial charge in [0, 0.05) is 0 Å². The van der Waals surface area contributed by atoms with Gasteiger partial charge in [-0.15, -0.1) is 11.3 Å². The average Bonchev–Trinajstić information content (AvgIpc) is 2.83. The van der Waals surface area contributed by atoms with Crippen LogP contribution in [0.1, 0.15) is 53.4 Å². The Hall–Kier alpha value is -1.42. The van der Waals surface area contributed by atoms with E-state index in [9.17, 15) is 4.79 Å². The van der Waals surface area contributed by atoms with Gasteiger partial charge >= 0.3 is 5.97 Å². The number of hydrogen-bond donors (Lipinski definition) is 1. The van der Waals surface area contributed by atoms with E-state index in [1.807, 2.05) is 12.1 Å². The normalized spacial score (nSPS) is 17.1. The van der Waals surface area contributed by atoms with E-state index in [2.05, 4.69) is 11.1 Å². The molecule has 0 saturated heterocycles. The first-order chi connectivity index (χ1) is 8.75. The van der Waals surface area contributed by atoms with E-state index in [0.29, 0.717) is 5.92 Å². The van der Waals surface area contributed by atoms with Crippen LogP contribution in [0.4, 0.5) is 0 Å². The fourth-order valence-corrected chi connectivity index (χ4v) is 3.64. The highest BCUT2D eigenvalue weighted by molar-refractivity contribution is 7.20. The van der Waals surface area contributed by atoms with Crippen LogP contribution in [0, 0.1) is 0 Å². The van der Waals surface area contributed by atoms with Crippen molar-refractivity contribution >= 4 is 27.5 Å². The molecule has 1 aromatic carbocycles. The van der Waals surface area contributed by atoms with Crippen LogP contribution in [-0.2, 0) is 0 Å². The topological polar surface area (TPSA) is 50.2 Å². The molecule has 1 fully saturated rings. The third kappa shape index (κ3) is 2.01. The zero-order valence-electron chi connectivity index (χ0n) is 10.1. The number of carbonyl (C=O) groups is 1. The first-order valence-corrected chi connectivity index (χ1v) is 7.20. The van der Waals surface area contributed by atoms with Gasteiger partial charge in [-0.2, -0.15) is 0 Å². The number of para-hydroxylation sites is 1. The molecule has 94 valence electrons. The van der Waals surface area contributed by atoms with Crippen LogP contribution >= 0.6 is 11.3 Å². The number of hydrogen-bond acceptors (Lipinski definition) is 3. The summed E-state index contributed by atoms with van der Waals surface area (Å²) in [6, 6.07) is 6.10. The summed E-state index contributed by atoms with van der Waals surface area (Å²) < 4.78 is 0.996. The quantitative estimate of drug-likeness (QED) is 0.887. The van der Waals surface area contributed by atoms with Gasteiger partial charge in [-0.05, 0) is 30.4 Å². The fourth-order valence-electron chi connectivity index (χ4n) is 2.80. The van der Waals surface area contributed by atoms with E-state index in [4.69, 9.17) is 5.11 Å². The maximum Gasteiger partial charge on any atom is 0.365 e. The SMILES string of the molecule is O=C(O)c1nc2c(C3CCCCC3)cccc2s1. The maximum atomic E-state index is 11.0. The molecule has 1 aliphatic rings. The van der Waals surface area contributed by atoms with Crippen LogP contribution in [-0.4, -0.2) is 16.1 Å². The Morgan fingerprint density at radius 3 is 2.78 bits per heavy atom. The molecule has 0 spiro atoms. The maximum absolute atomic E-state index is 11.0. The van der Waals surface area contributed by atoms with Crippen molar-refractivity contribution < 1.29 is 9.90 Å². The number of nitrogens with zero attached hydrogens (tertiary/aromatic N) is 1. The third-order valence-corrected chi connectivity index (χ3v) is 4.69. The van der Waals surface area contributed by atoms with Gasteiger partial charge in [0.05, 0.1) is 10.2 Å². The lowest BCUT2D eigenvalue weighted by molar-refractivity contribution is 0.0696. The van der Waals surface area contributed by atoms with Gasteiger partial charge in [0.15, 0.2) is 0 Å². The molecule has 18 heavy (non-hydrogen) atoms. The Kier molecular flexibility index (Phi) is 3.04. The molecule has 2 aromatic rings. The zero-order chi connectivity index (χ0) is 12.5. The molecule has 3 rings (SSSR count). The lowest BCUT2D eigenvalue weighted by Crippen LogP contribution is -2.05. The summed E-state index contributed by atoms with van der Waals surface area (Å²) in [6.45, 7) is 0. The van der Waals surface area contributed by atoms with Crippen molar-refractivity contribution in [2.24, 2.45) is 0 Å². The summed E-state index contributed by atoms with van der Waals surface area (Å²) in [7, 11) is 0. The van der Waals surface area contributed by atoms with Gasteiger partial charge in [-0.1, -0.05) is 31.4 Å². The van der Waals surface area contributed by atoms with Gasteiger partial charge < -0.3 is 5.11 Å². The molecule has 1 aliphatic carbocycles. The molecule has 1 N–H and O–H groups in total.